The predicted octanol–water partition coefficient (Wildman–Crippen LogP) is 6.68. The second-order valence-electron chi connectivity index (χ2n) is 9.39. The van der Waals surface area contributed by atoms with Crippen molar-refractivity contribution in [3.8, 4) is 11.5 Å². The Hall–Kier alpha value is -2.65. The van der Waals surface area contributed by atoms with Crippen molar-refractivity contribution in [2.24, 2.45) is 5.92 Å². The minimum Gasteiger partial charge on any atom is -0.490 e. The Morgan fingerprint density at radius 2 is 1.89 bits per heavy atom. The van der Waals surface area contributed by atoms with E-state index < -0.39 is 5.97 Å². The zero-order valence-electron chi connectivity index (χ0n) is 22.1. The van der Waals surface area contributed by atoms with Crippen LogP contribution in [0, 0.1) is 5.92 Å². The van der Waals surface area contributed by atoms with Gasteiger partial charge in [-0.05, 0) is 84.4 Å². The van der Waals surface area contributed by atoms with Crippen molar-refractivity contribution in [3.05, 3.63) is 57.4 Å². The summed E-state index contributed by atoms with van der Waals surface area (Å²) in [6, 6.07) is 13.9. The summed E-state index contributed by atoms with van der Waals surface area (Å²) < 4.78 is 17.1. The Morgan fingerprint density at radius 1 is 1.13 bits per heavy atom. The molecule has 7 nitrogen and oxygen atoms in total. The summed E-state index contributed by atoms with van der Waals surface area (Å²) >= 11 is 5.10. The lowest BCUT2D eigenvalue weighted by Crippen LogP contribution is -2.48. The maximum Gasteiger partial charge on any atom is 0.344 e. The van der Waals surface area contributed by atoms with Crippen LogP contribution in [0.1, 0.15) is 52.0 Å². The van der Waals surface area contributed by atoms with Crippen LogP contribution in [0.15, 0.2) is 51.8 Å². The summed E-state index contributed by atoms with van der Waals surface area (Å²) in [5.74, 6) is 0.954. The fraction of sp³-hybridized carbons (Fsp3) is 0.448. The van der Waals surface area contributed by atoms with Crippen LogP contribution >= 0.6 is 27.7 Å². The molecule has 9 heteroatoms. The number of carbonyl (C=O) groups is 2. The molecule has 1 aliphatic carbocycles. The molecule has 2 aromatic carbocycles. The highest BCUT2D eigenvalue weighted by atomic mass is 79.9. The number of para-hydroxylation sites is 1. The van der Waals surface area contributed by atoms with E-state index >= 15 is 0 Å². The van der Waals surface area contributed by atoms with E-state index in [0.717, 1.165) is 30.5 Å². The topological polar surface area (TPSA) is 77.1 Å². The number of thioether (sulfide) groups is 1. The maximum atomic E-state index is 13.8. The Bertz CT molecular complexity index is 1160. The molecule has 2 fully saturated rings. The summed E-state index contributed by atoms with van der Waals surface area (Å²) in [5.41, 5.74) is 1.59. The Labute approximate surface area is 237 Å². The molecule has 1 N–H and O–H groups in total. The van der Waals surface area contributed by atoms with Gasteiger partial charge in [0.05, 0.1) is 22.6 Å². The summed E-state index contributed by atoms with van der Waals surface area (Å²) in [7, 11) is 0. The van der Waals surface area contributed by atoms with Gasteiger partial charge in [-0.3, -0.25) is 4.79 Å². The first-order valence-electron chi connectivity index (χ1n) is 13.2. The molecule has 204 valence electrons. The van der Waals surface area contributed by atoms with E-state index in [-0.39, 0.29) is 30.7 Å². The molecule has 4 rings (SSSR count). The number of halogens is 1. The van der Waals surface area contributed by atoms with Crippen LogP contribution in [0.3, 0.4) is 0 Å². The number of hydrogen-bond acceptors (Lipinski definition) is 7. The van der Waals surface area contributed by atoms with Gasteiger partial charge in [-0.15, -0.1) is 0 Å². The molecule has 0 bridgehead atoms. The van der Waals surface area contributed by atoms with Crippen molar-refractivity contribution in [3.63, 3.8) is 0 Å². The van der Waals surface area contributed by atoms with Crippen LogP contribution in [0.25, 0.3) is 6.08 Å². The Kier molecular flexibility index (Phi) is 10.0. The molecular weight excluding hydrogens is 568 g/mol. The quantitative estimate of drug-likeness (QED) is 0.240. The SMILES string of the molecule is CCOC(=O)COc1c(Br)cc(/C=C2\SC(Nc3ccccc3)N([C@@H]3CCCC[C@H]3C)C2=O)cc1OCC. The van der Waals surface area contributed by atoms with Crippen molar-refractivity contribution in [1.29, 1.82) is 0 Å². The molecule has 1 aliphatic heterocycles. The first-order valence-corrected chi connectivity index (χ1v) is 14.9. The van der Waals surface area contributed by atoms with Gasteiger partial charge in [-0.1, -0.05) is 49.7 Å². The van der Waals surface area contributed by atoms with Gasteiger partial charge in [0.1, 0.15) is 0 Å². The lowest BCUT2D eigenvalue weighted by molar-refractivity contribution is -0.145. The van der Waals surface area contributed by atoms with Crippen LogP contribution in [0.5, 0.6) is 11.5 Å². The monoisotopic (exact) mass is 602 g/mol. The predicted molar refractivity (Wildman–Crippen MR) is 155 cm³/mol. The van der Waals surface area contributed by atoms with Crippen LogP contribution in [0.2, 0.25) is 0 Å². The standard InChI is InChI=1S/C29H35BrN2O5S/c1-4-35-24-16-20(15-22(30)27(24)37-18-26(33)36-5-2)17-25-28(34)32(23-14-10-9-11-19(23)3)29(38-25)31-21-12-7-6-8-13-21/h6-8,12-13,15-17,19,23,29,31H,4-5,9-11,14,18H2,1-3H3/b25-17-/t19-,23-,29?/m1/s1. The molecule has 3 atom stereocenters. The highest BCUT2D eigenvalue weighted by Crippen LogP contribution is 2.43. The molecule has 0 radical (unpaired) electrons. The van der Waals surface area contributed by atoms with Crippen LogP contribution in [0.4, 0.5) is 5.69 Å². The van der Waals surface area contributed by atoms with Crippen molar-refractivity contribution in [2.75, 3.05) is 25.1 Å². The highest BCUT2D eigenvalue weighted by molar-refractivity contribution is 9.10. The van der Waals surface area contributed by atoms with Crippen LogP contribution < -0.4 is 14.8 Å². The van der Waals surface area contributed by atoms with E-state index in [2.05, 4.69) is 28.2 Å². The number of amides is 1. The van der Waals surface area contributed by atoms with Crippen LogP contribution in [-0.2, 0) is 14.3 Å². The highest BCUT2D eigenvalue weighted by Gasteiger charge is 2.43. The fourth-order valence-corrected chi connectivity index (χ4v) is 6.71. The number of rotatable bonds is 10. The van der Waals surface area contributed by atoms with Gasteiger partial charge in [0.25, 0.3) is 5.91 Å². The third-order valence-corrected chi connectivity index (χ3v) is 8.40. The van der Waals surface area contributed by atoms with E-state index in [1.165, 1.54) is 18.2 Å². The fourth-order valence-electron chi connectivity index (χ4n) is 4.93. The van der Waals surface area contributed by atoms with E-state index in [1.54, 1.807) is 6.92 Å². The van der Waals surface area contributed by atoms with E-state index in [9.17, 15) is 9.59 Å². The van der Waals surface area contributed by atoms with Crippen molar-refractivity contribution in [1.82, 2.24) is 4.90 Å². The lowest BCUT2D eigenvalue weighted by atomic mass is 9.85. The van der Waals surface area contributed by atoms with Crippen LogP contribution in [-0.4, -0.2) is 48.1 Å². The zero-order valence-corrected chi connectivity index (χ0v) is 24.5. The molecule has 1 saturated heterocycles. The molecule has 1 saturated carbocycles. The average Bonchev–Trinajstić information content (AvgIpc) is 3.18. The molecule has 1 unspecified atom stereocenters. The smallest absolute Gasteiger partial charge is 0.344 e. The number of nitrogens with zero attached hydrogens (tertiary/aromatic N) is 1. The number of benzene rings is 2. The third-order valence-electron chi connectivity index (χ3n) is 6.69. The normalized spacial score (nSPS) is 22.4. The Morgan fingerprint density at radius 3 is 2.61 bits per heavy atom. The number of esters is 1. The van der Waals surface area contributed by atoms with E-state index in [4.69, 9.17) is 14.2 Å². The molecule has 2 aromatic rings. The van der Waals surface area contributed by atoms with E-state index in [1.807, 2.05) is 60.4 Å². The number of hydrogen-bond donors (Lipinski definition) is 1. The van der Waals surface area contributed by atoms with Gasteiger partial charge in [0.2, 0.25) is 0 Å². The summed E-state index contributed by atoms with van der Waals surface area (Å²) in [6.07, 6.45) is 6.40. The molecule has 38 heavy (non-hydrogen) atoms. The van der Waals surface area contributed by atoms with Crippen molar-refractivity contribution < 1.29 is 23.8 Å². The Balaban J connectivity index is 1.62. The third kappa shape index (κ3) is 6.86. The summed E-state index contributed by atoms with van der Waals surface area (Å²) in [6.45, 7) is 6.38. The zero-order chi connectivity index (χ0) is 27.1. The van der Waals surface area contributed by atoms with Gasteiger partial charge in [0, 0.05) is 11.7 Å². The van der Waals surface area contributed by atoms with Gasteiger partial charge in [0.15, 0.2) is 23.6 Å². The summed E-state index contributed by atoms with van der Waals surface area (Å²) in [4.78, 5) is 28.4. The molecule has 2 aliphatic rings. The van der Waals surface area contributed by atoms with Crippen molar-refractivity contribution >= 4 is 51.3 Å². The minimum absolute atomic E-state index is 0.0406. The minimum atomic E-state index is -0.449. The number of nitrogens with one attached hydrogen (secondary N) is 1. The molecule has 0 spiro atoms. The maximum absolute atomic E-state index is 13.8. The molecular formula is C29H35BrN2O5S. The van der Waals surface area contributed by atoms with Gasteiger partial charge in [-0.25, -0.2) is 4.79 Å². The summed E-state index contributed by atoms with van der Waals surface area (Å²) in [5, 5.41) is 3.57. The number of carbonyl (C=O) groups excluding carboxylic acids is 2. The lowest BCUT2D eigenvalue weighted by Gasteiger charge is -2.39. The largest absolute Gasteiger partial charge is 0.490 e. The second-order valence-corrected chi connectivity index (χ2v) is 11.4. The number of anilines is 1. The molecule has 1 heterocycles. The van der Waals surface area contributed by atoms with Gasteiger partial charge < -0.3 is 24.4 Å². The first-order chi connectivity index (χ1) is 18.4. The molecule has 1 amide bonds. The molecule has 0 aromatic heterocycles. The second kappa shape index (κ2) is 13.4. The van der Waals surface area contributed by atoms with Crippen molar-refractivity contribution in [2.45, 2.75) is 58.0 Å². The van der Waals surface area contributed by atoms with Gasteiger partial charge in [-0.2, -0.15) is 0 Å². The van der Waals surface area contributed by atoms with Gasteiger partial charge >= 0.3 is 5.97 Å². The van der Waals surface area contributed by atoms with E-state index in [0.29, 0.717) is 33.4 Å². The average molecular weight is 604 g/mol. The number of ether oxygens (including phenoxy) is 3. The first kappa shape index (κ1) is 28.4.